The van der Waals surface area contributed by atoms with Crippen LogP contribution in [0.25, 0.3) is 22.4 Å². The van der Waals surface area contributed by atoms with Crippen LogP contribution in [0.4, 0.5) is 0 Å². The number of Topliss-reactive ketones (excluding diaryl/α,β-unsaturated/α-hetero) is 1. The molecule has 3 aromatic heterocycles. The fraction of sp³-hybridized carbons (Fsp3) is 0.111. The zero-order valence-electron chi connectivity index (χ0n) is 13.4. The molecule has 0 amide bonds. The van der Waals surface area contributed by atoms with Crippen molar-refractivity contribution in [1.29, 1.82) is 0 Å². The number of rotatable bonds is 5. The van der Waals surface area contributed by atoms with Crippen LogP contribution >= 0.6 is 11.8 Å². The molecule has 6 nitrogen and oxygen atoms in total. The molecule has 0 unspecified atom stereocenters. The van der Waals surface area contributed by atoms with Crippen LogP contribution in [-0.4, -0.2) is 31.7 Å². The van der Waals surface area contributed by atoms with Gasteiger partial charge in [0.25, 0.3) is 5.22 Å². The number of H-pyrrole nitrogens is 1. The zero-order chi connectivity index (χ0) is 17.2. The lowest BCUT2D eigenvalue weighted by Crippen LogP contribution is -2.03. The monoisotopic (exact) mass is 350 g/mol. The highest BCUT2D eigenvalue weighted by molar-refractivity contribution is 7.99. The summed E-state index contributed by atoms with van der Waals surface area (Å²) in [5, 5.41) is 9.32. The molecule has 3 heterocycles. The zero-order valence-corrected chi connectivity index (χ0v) is 14.2. The predicted molar refractivity (Wildman–Crippen MR) is 95.6 cm³/mol. The van der Waals surface area contributed by atoms with Crippen molar-refractivity contribution in [2.24, 2.45) is 0 Å². The molecule has 1 N–H and O–H groups in total. The average Bonchev–Trinajstić information content (AvgIpc) is 3.24. The Morgan fingerprint density at radius 3 is 2.80 bits per heavy atom. The van der Waals surface area contributed by atoms with Gasteiger partial charge in [-0.15, -0.1) is 10.2 Å². The second-order valence-corrected chi connectivity index (χ2v) is 6.42. The summed E-state index contributed by atoms with van der Waals surface area (Å²) < 4.78 is 5.61. The number of hydrogen-bond acceptors (Lipinski definition) is 6. The van der Waals surface area contributed by atoms with Crippen molar-refractivity contribution < 1.29 is 9.21 Å². The molecule has 0 fully saturated rings. The number of carbonyl (C=O) groups excluding carboxylic acids is 1. The number of pyridine rings is 1. The van der Waals surface area contributed by atoms with E-state index in [0.717, 1.165) is 27.7 Å². The van der Waals surface area contributed by atoms with Gasteiger partial charge in [0.15, 0.2) is 5.78 Å². The van der Waals surface area contributed by atoms with Crippen molar-refractivity contribution in [3.63, 3.8) is 0 Å². The minimum atomic E-state index is 0.0311. The van der Waals surface area contributed by atoms with Gasteiger partial charge in [0.2, 0.25) is 5.89 Å². The first-order valence-corrected chi connectivity index (χ1v) is 8.68. The lowest BCUT2D eigenvalue weighted by Gasteiger charge is -1.99. The normalized spacial score (nSPS) is 11.1. The number of aromatic amines is 1. The molecular formula is C18H14N4O2S. The van der Waals surface area contributed by atoms with E-state index in [0.29, 0.717) is 11.1 Å². The Labute approximate surface area is 147 Å². The molecule has 1 aromatic carbocycles. The van der Waals surface area contributed by atoms with Gasteiger partial charge in [-0.2, -0.15) is 0 Å². The maximum absolute atomic E-state index is 12.7. The molecule has 4 rings (SSSR count). The minimum Gasteiger partial charge on any atom is -0.411 e. The largest absolute Gasteiger partial charge is 0.411 e. The van der Waals surface area contributed by atoms with Gasteiger partial charge in [-0.05, 0) is 25.1 Å². The van der Waals surface area contributed by atoms with Gasteiger partial charge < -0.3 is 9.40 Å². The van der Waals surface area contributed by atoms with E-state index >= 15 is 0 Å². The molecule has 124 valence electrons. The first-order valence-electron chi connectivity index (χ1n) is 7.69. The van der Waals surface area contributed by atoms with E-state index in [4.69, 9.17) is 4.42 Å². The molecule has 4 aromatic rings. The third-order valence-electron chi connectivity index (χ3n) is 3.83. The van der Waals surface area contributed by atoms with E-state index in [1.807, 2.05) is 31.2 Å². The predicted octanol–water partition coefficient (Wildman–Crippen LogP) is 3.90. The summed E-state index contributed by atoms with van der Waals surface area (Å²) in [7, 11) is 0. The third-order valence-corrected chi connectivity index (χ3v) is 4.65. The maximum atomic E-state index is 12.7. The van der Waals surface area contributed by atoms with Crippen LogP contribution in [0.2, 0.25) is 0 Å². The van der Waals surface area contributed by atoms with Crippen molar-refractivity contribution in [1.82, 2.24) is 20.2 Å². The summed E-state index contributed by atoms with van der Waals surface area (Å²) in [6.07, 6.45) is 3.32. The molecule has 0 aliphatic carbocycles. The first-order chi connectivity index (χ1) is 12.2. The van der Waals surface area contributed by atoms with E-state index in [1.54, 1.807) is 24.5 Å². The highest BCUT2D eigenvalue weighted by Crippen LogP contribution is 2.26. The second kappa shape index (κ2) is 6.52. The molecule has 0 bridgehead atoms. The second-order valence-electron chi connectivity index (χ2n) is 5.49. The maximum Gasteiger partial charge on any atom is 0.277 e. The van der Waals surface area contributed by atoms with Crippen LogP contribution in [0.5, 0.6) is 0 Å². The summed E-state index contributed by atoms with van der Waals surface area (Å²) in [6, 6.07) is 11.4. The lowest BCUT2D eigenvalue weighted by molar-refractivity contribution is 0.102. The van der Waals surface area contributed by atoms with Crippen LogP contribution in [0.3, 0.4) is 0 Å². The van der Waals surface area contributed by atoms with Crippen molar-refractivity contribution in [3.05, 3.63) is 60.0 Å². The summed E-state index contributed by atoms with van der Waals surface area (Å²) in [6.45, 7) is 1.91. The smallest absolute Gasteiger partial charge is 0.277 e. The number of nitrogens with one attached hydrogen (secondary N) is 1. The number of carbonyl (C=O) groups is 1. The number of fused-ring (bicyclic) bond motifs is 1. The van der Waals surface area contributed by atoms with Crippen LogP contribution in [0, 0.1) is 6.92 Å². The standard InChI is InChI=1S/C18H14N4O2S/c1-11-16(13-4-2-3-5-14(13)20-11)15(23)10-25-18-22-21-17(24-18)12-6-8-19-9-7-12/h2-9,20H,10H2,1H3. The van der Waals surface area contributed by atoms with Gasteiger partial charge >= 0.3 is 0 Å². The summed E-state index contributed by atoms with van der Waals surface area (Å²) in [5.41, 5.74) is 3.35. The molecule has 0 atom stereocenters. The number of hydrogen-bond donors (Lipinski definition) is 1. The van der Waals surface area contributed by atoms with Crippen LogP contribution in [-0.2, 0) is 0 Å². The Morgan fingerprint density at radius 2 is 1.96 bits per heavy atom. The highest BCUT2D eigenvalue weighted by atomic mass is 32.2. The van der Waals surface area contributed by atoms with Gasteiger partial charge in [0.1, 0.15) is 0 Å². The third kappa shape index (κ3) is 3.06. The van der Waals surface area contributed by atoms with E-state index < -0.39 is 0 Å². The van der Waals surface area contributed by atoms with Crippen molar-refractivity contribution in [2.75, 3.05) is 5.75 Å². The molecule has 0 aliphatic heterocycles. The van der Waals surface area contributed by atoms with Gasteiger partial charge in [0, 0.05) is 40.1 Å². The Bertz CT molecular complexity index is 1040. The Morgan fingerprint density at radius 1 is 1.16 bits per heavy atom. The summed E-state index contributed by atoms with van der Waals surface area (Å²) >= 11 is 1.24. The van der Waals surface area contributed by atoms with Crippen molar-refractivity contribution >= 4 is 28.4 Å². The van der Waals surface area contributed by atoms with E-state index in [1.165, 1.54) is 11.8 Å². The molecule has 0 aliphatic rings. The summed E-state index contributed by atoms with van der Waals surface area (Å²) in [5.74, 6) is 0.685. The van der Waals surface area contributed by atoms with Crippen LogP contribution < -0.4 is 0 Å². The topological polar surface area (TPSA) is 84.7 Å². The Hall–Kier alpha value is -2.93. The Kier molecular flexibility index (Phi) is 4.07. The van der Waals surface area contributed by atoms with E-state index in [9.17, 15) is 4.79 Å². The van der Waals surface area contributed by atoms with Gasteiger partial charge in [-0.3, -0.25) is 9.78 Å². The van der Waals surface area contributed by atoms with Crippen LogP contribution in [0.15, 0.2) is 58.4 Å². The highest BCUT2D eigenvalue weighted by Gasteiger charge is 2.17. The van der Waals surface area contributed by atoms with E-state index in [-0.39, 0.29) is 11.5 Å². The summed E-state index contributed by atoms with van der Waals surface area (Å²) in [4.78, 5) is 19.9. The fourth-order valence-corrected chi connectivity index (χ4v) is 3.35. The minimum absolute atomic E-state index is 0.0311. The first kappa shape index (κ1) is 15.6. The number of nitrogens with zero attached hydrogens (tertiary/aromatic N) is 3. The quantitative estimate of drug-likeness (QED) is 0.434. The number of thioether (sulfide) groups is 1. The number of aromatic nitrogens is 4. The molecule has 0 saturated carbocycles. The number of ketones is 1. The van der Waals surface area contributed by atoms with E-state index in [2.05, 4.69) is 20.2 Å². The molecular weight excluding hydrogens is 336 g/mol. The van der Waals surface area contributed by atoms with Gasteiger partial charge in [-0.25, -0.2) is 0 Å². The average molecular weight is 350 g/mol. The number of para-hydroxylation sites is 1. The van der Waals surface area contributed by atoms with Crippen molar-refractivity contribution in [2.45, 2.75) is 12.1 Å². The van der Waals surface area contributed by atoms with Crippen molar-refractivity contribution in [3.8, 4) is 11.5 Å². The van der Waals surface area contributed by atoms with Crippen LogP contribution in [0.1, 0.15) is 16.1 Å². The fourth-order valence-electron chi connectivity index (χ4n) is 2.71. The number of benzene rings is 1. The van der Waals surface area contributed by atoms with Gasteiger partial charge in [0.05, 0.1) is 5.75 Å². The molecule has 7 heteroatoms. The van der Waals surface area contributed by atoms with Gasteiger partial charge in [-0.1, -0.05) is 30.0 Å². The lowest BCUT2D eigenvalue weighted by atomic mass is 10.1. The molecule has 0 saturated heterocycles. The SMILES string of the molecule is Cc1[nH]c2ccccc2c1C(=O)CSc1nnc(-c2ccncc2)o1. The number of aryl methyl sites for hydroxylation is 1. The molecule has 25 heavy (non-hydrogen) atoms. The molecule has 0 radical (unpaired) electrons. The molecule has 0 spiro atoms. The Balaban J connectivity index is 1.51.